The summed E-state index contributed by atoms with van der Waals surface area (Å²) in [5.41, 5.74) is 0. The van der Waals surface area contributed by atoms with Gasteiger partial charge in [0.05, 0.1) is 0 Å². The van der Waals surface area contributed by atoms with Gasteiger partial charge in [-0.15, -0.1) is 11.3 Å². The third kappa shape index (κ3) is 6.90. The quantitative estimate of drug-likeness (QED) is 0.653. The molecule has 1 aromatic carbocycles. The standard InChI is InChI=1S/C17H21N3O4S/c1-23-10-5-9-20(12-15(21)19-17-18-8-11-25-17)16(22)13-24-14-6-3-2-4-7-14/h2-4,6-8,11H,5,9-10,12-13H2,1H3,(H,18,19,21). The predicted molar refractivity (Wildman–Crippen MR) is 95.8 cm³/mol. The van der Waals surface area contributed by atoms with Crippen molar-refractivity contribution in [2.24, 2.45) is 0 Å². The molecule has 7 nitrogen and oxygen atoms in total. The van der Waals surface area contributed by atoms with Gasteiger partial charge in [0.1, 0.15) is 12.3 Å². The Morgan fingerprint density at radius 3 is 2.76 bits per heavy atom. The highest BCUT2D eigenvalue weighted by Gasteiger charge is 2.18. The van der Waals surface area contributed by atoms with E-state index in [2.05, 4.69) is 10.3 Å². The maximum Gasteiger partial charge on any atom is 0.260 e. The third-order valence-corrected chi connectivity index (χ3v) is 3.94. The molecule has 0 aliphatic carbocycles. The van der Waals surface area contributed by atoms with Crippen LogP contribution in [0.5, 0.6) is 5.75 Å². The molecule has 0 bridgehead atoms. The lowest BCUT2D eigenvalue weighted by Crippen LogP contribution is -2.41. The van der Waals surface area contributed by atoms with Crippen molar-refractivity contribution in [1.29, 1.82) is 0 Å². The van der Waals surface area contributed by atoms with E-state index >= 15 is 0 Å². The first-order chi connectivity index (χ1) is 12.2. The van der Waals surface area contributed by atoms with E-state index in [0.717, 1.165) is 0 Å². The number of benzene rings is 1. The van der Waals surface area contributed by atoms with Crippen molar-refractivity contribution >= 4 is 28.3 Å². The van der Waals surface area contributed by atoms with E-state index in [1.54, 1.807) is 30.8 Å². The molecular weight excluding hydrogens is 342 g/mol. The molecule has 0 radical (unpaired) electrons. The number of carbonyl (C=O) groups excluding carboxylic acids is 2. The van der Waals surface area contributed by atoms with Crippen LogP contribution < -0.4 is 10.1 Å². The molecule has 1 heterocycles. The lowest BCUT2D eigenvalue weighted by Gasteiger charge is -2.22. The fraction of sp³-hybridized carbons (Fsp3) is 0.353. The summed E-state index contributed by atoms with van der Waals surface area (Å²) in [5.74, 6) is 0.0644. The van der Waals surface area contributed by atoms with Gasteiger partial charge in [-0.05, 0) is 18.6 Å². The van der Waals surface area contributed by atoms with E-state index in [9.17, 15) is 9.59 Å². The van der Waals surface area contributed by atoms with Gasteiger partial charge in [-0.2, -0.15) is 0 Å². The number of rotatable bonds is 10. The molecule has 0 unspecified atom stereocenters. The van der Waals surface area contributed by atoms with Gasteiger partial charge in [0.2, 0.25) is 5.91 Å². The van der Waals surface area contributed by atoms with Crippen LogP contribution in [0.15, 0.2) is 41.9 Å². The van der Waals surface area contributed by atoms with Gasteiger partial charge in [-0.25, -0.2) is 4.98 Å². The normalized spacial score (nSPS) is 10.3. The Balaban J connectivity index is 1.88. The number of methoxy groups -OCH3 is 1. The summed E-state index contributed by atoms with van der Waals surface area (Å²) >= 11 is 1.32. The number of hydrogen-bond donors (Lipinski definition) is 1. The number of hydrogen-bond acceptors (Lipinski definition) is 6. The molecule has 2 rings (SSSR count). The molecule has 0 fully saturated rings. The third-order valence-electron chi connectivity index (χ3n) is 3.25. The van der Waals surface area contributed by atoms with Gasteiger partial charge in [0.15, 0.2) is 11.7 Å². The largest absolute Gasteiger partial charge is 0.484 e. The highest BCUT2D eigenvalue weighted by Crippen LogP contribution is 2.11. The van der Waals surface area contributed by atoms with E-state index in [-0.39, 0.29) is 25.0 Å². The van der Waals surface area contributed by atoms with Gasteiger partial charge in [-0.3, -0.25) is 9.59 Å². The average molecular weight is 363 g/mol. The van der Waals surface area contributed by atoms with Crippen LogP contribution in [0.4, 0.5) is 5.13 Å². The van der Waals surface area contributed by atoms with Gasteiger partial charge < -0.3 is 19.7 Å². The van der Waals surface area contributed by atoms with Crippen LogP contribution in [0.1, 0.15) is 6.42 Å². The number of para-hydroxylation sites is 1. The number of nitrogens with one attached hydrogen (secondary N) is 1. The Labute approximate surface area is 150 Å². The maximum absolute atomic E-state index is 12.4. The van der Waals surface area contributed by atoms with Crippen LogP contribution in [0, 0.1) is 0 Å². The smallest absolute Gasteiger partial charge is 0.260 e. The maximum atomic E-state index is 12.4. The molecule has 2 aromatic rings. The molecule has 0 saturated carbocycles. The van der Waals surface area contributed by atoms with Gasteiger partial charge >= 0.3 is 0 Å². The van der Waals surface area contributed by atoms with Gasteiger partial charge in [0.25, 0.3) is 5.91 Å². The average Bonchev–Trinajstić information content (AvgIpc) is 3.12. The van der Waals surface area contributed by atoms with Crippen LogP contribution >= 0.6 is 11.3 Å². The summed E-state index contributed by atoms with van der Waals surface area (Å²) < 4.78 is 10.5. The molecule has 1 N–H and O–H groups in total. The highest BCUT2D eigenvalue weighted by molar-refractivity contribution is 7.13. The molecule has 0 aliphatic heterocycles. The van der Waals surface area contributed by atoms with Crippen LogP contribution in [0.2, 0.25) is 0 Å². The zero-order valence-electron chi connectivity index (χ0n) is 14.0. The molecule has 0 spiro atoms. The van der Waals surface area contributed by atoms with E-state index in [1.807, 2.05) is 18.2 Å². The summed E-state index contributed by atoms with van der Waals surface area (Å²) in [7, 11) is 1.60. The number of amides is 2. The zero-order chi connectivity index (χ0) is 17.9. The molecule has 2 amide bonds. The summed E-state index contributed by atoms with van der Waals surface area (Å²) in [4.78, 5) is 30.0. The lowest BCUT2D eigenvalue weighted by atomic mass is 10.3. The van der Waals surface area contributed by atoms with Crippen LogP contribution in [-0.2, 0) is 14.3 Å². The van der Waals surface area contributed by atoms with Crippen LogP contribution in [-0.4, -0.2) is 55.1 Å². The fourth-order valence-corrected chi connectivity index (χ4v) is 2.61. The minimum atomic E-state index is -0.291. The Bertz CT molecular complexity index is 649. The van der Waals surface area contributed by atoms with Crippen molar-refractivity contribution < 1.29 is 19.1 Å². The summed E-state index contributed by atoms with van der Waals surface area (Å²) in [6, 6.07) is 9.08. The molecule has 1 aromatic heterocycles. The Hall–Kier alpha value is -2.45. The minimum Gasteiger partial charge on any atom is -0.484 e. The summed E-state index contributed by atoms with van der Waals surface area (Å²) in [6.07, 6.45) is 2.24. The van der Waals surface area contributed by atoms with E-state index in [0.29, 0.717) is 30.5 Å². The van der Waals surface area contributed by atoms with Crippen molar-refractivity contribution in [1.82, 2.24) is 9.88 Å². The molecule has 25 heavy (non-hydrogen) atoms. The lowest BCUT2D eigenvalue weighted by molar-refractivity contribution is -0.136. The predicted octanol–water partition coefficient (Wildman–Crippen LogP) is 2.03. The Morgan fingerprint density at radius 1 is 1.28 bits per heavy atom. The van der Waals surface area contributed by atoms with Crippen molar-refractivity contribution in [2.45, 2.75) is 6.42 Å². The first-order valence-electron chi connectivity index (χ1n) is 7.83. The molecule has 8 heteroatoms. The number of ether oxygens (including phenoxy) is 2. The van der Waals surface area contributed by atoms with E-state index < -0.39 is 0 Å². The first kappa shape index (κ1) is 18.9. The molecule has 134 valence electrons. The molecule has 0 atom stereocenters. The fourth-order valence-electron chi connectivity index (χ4n) is 2.06. The highest BCUT2D eigenvalue weighted by atomic mass is 32.1. The minimum absolute atomic E-state index is 0.0553. The number of nitrogens with zero attached hydrogens (tertiary/aromatic N) is 2. The number of carbonyl (C=O) groups is 2. The van der Waals surface area contributed by atoms with Gasteiger partial charge in [0, 0.05) is 31.8 Å². The van der Waals surface area contributed by atoms with Crippen molar-refractivity contribution in [3.8, 4) is 5.75 Å². The van der Waals surface area contributed by atoms with Crippen molar-refractivity contribution in [3.05, 3.63) is 41.9 Å². The van der Waals surface area contributed by atoms with E-state index in [1.165, 1.54) is 16.2 Å². The van der Waals surface area contributed by atoms with Gasteiger partial charge in [-0.1, -0.05) is 18.2 Å². The number of thiazole rings is 1. The topological polar surface area (TPSA) is 80.8 Å². The monoisotopic (exact) mass is 363 g/mol. The Kier molecular flexibility index (Phi) is 7.87. The SMILES string of the molecule is COCCCN(CC(=O)Nc1nccs1)C(=O)COc1ccccc1. The number of aromatic nitrogens is 1. The molecular formula is C17H21N3O4S. The second-order valence-electron chi connectivity index (χ2n) is 5.15. The Morgan fingerprint density at radius 2 is 2.08 bits per heavy atom. The zero-order valence-corrected chi connectivity index (χ0v) is 14.8. The second-order valence-corrected chi connectivity index (χ2v) is 6.04. The van der Waals surface area contributed by atoms with Crippen molar-refractivity contribution in [3.63, 3.8) is 0 Å². The number of anilines is 1. The van der Waals surface area contributed by atoms with E-state index in [4.69, 9.17) is 9.47 Å². The summed E-state index contributed by atoms with van der Waals surface area (Å²) in [6.45, 7) is 0.745. The van der Waals surface area contributed by atoms with Crippen LogP contribution in [0.3, 0.4) is 0 Å². The second kappa shape index (κ2) is 10.4. The molecule has 0 aliphatic rings. The first-order valence-corrected chi connectivity index (χ1v) is 8.71. The van der Waals surface area contributed by atoms with Crippen molar-refractivity contribution in [2.75, 3.05) is 38.7 Å². The summed E-state index contributed by atoms with van der Waals surface area (Å²) in [5, 5.41) is 4.95. The molecule has 0 saturated heterocycles. The van der Waals surface area contributed by atoms with Crippen LogP contribution in [0.25, 0.3) is 0 Å².